The van der Waals surface area contributed by atoms with E-state index in [1.54, 1.807) is 0 Å². The molecule has 0 saturated heterocycles. The summed E-state index contributed by atoms with van der Waals surface area (Å²) in [5.41, 5.74) is 12.0. The van der Waals surface area contributed by atoms with E-state index in [0.29, 0.717) is 0 Å². The molecule has 1 aliphatic carbocycles. The maximum atomic E-state index is 6.74. The normalized spacial score (nSPS) is 20.8. The number of allylic oxidation sites excluding steroid dienone is 7. The fraction of sp³-hybridized carbons (Fsp3) is 0.217. The molecule has 1 atom stereocenters. The van der Waals surface area contributed by atoms with Gasteiger partial charge in [0.2, 0.25) is 5.79 Å². The largest absolute Gasteiger partial charge is 0.456 e. The van der Waals surface area contributed by atoms with E-state index >= 15 is 0 Å². The summed E-state index contributed by atoms with van der Waals surface area (Å²) in [6, 6.07) is 28.3. The maximum absolute atomic E-state index is 6.74. The average molecular weight is 671 g/mol. The Bertz CT molecular complexity index is 2430. The highest BCUT2D eigenvalue weighted by atomic mass is 16.7. The minimum atomic E-state index is -0.868. The van der Waals surface area contributed by atoms with Crippen LogP contribution < -0.4 is 4.74 Å². The molecule has 51 heavy (non-hydrogen) atoms. The van der Waals surface area contributed by atoms with Crippen LogP contribution in [-0.2, 0) is 10.2 Å². The second-order valence-electron chi connectivity index (χ2n) is 15.0. The zero-order valence-corrected chi connectivity index (χ0v) is 29.9. The molecule has 4 aromatic carbocycles. The first-order valence-corrected chi connectivity index (χ1v) is 17.8. The van der Waals surface area contributed by atoms with Gasteiger partial charge in [0.25, 0.3) is 0 Å². The van der Waals surface area contributed by atoms with E-state index in [1.807, 2.05) is 26.0 Å². The van der Waals surface area contributed by atoms with Gasteiger partial charge in [0, 0.05) is 80.1 Å². The molecule has 5 heteroatoms. The fourth-order valence-corrected chi connectivity index (χ4v) is 7.98. The standard InChI is InChI=1S/C46H42N2O3/c1-45(2)50-42-18-17-30(33-23-34(31-11-9-21-47(4)28-31)25-35(24-33)32-12-10-22-48(5)29-32)26-39(42)37-19-20-46(3,27-43(37)51-45)40-15-8-14-38-36-13-6-7-16-41(36)49-44(38)40/h6-19,21,23-27,29H,20,22,28H2,1-5H3. The van der Waals surface area contributed by atoms with Crippen LogP contribution in [0.1, 0.15) is 49.4 Å². The van der Waals surface area contributed by atoms with Crippen LogP contribution in [0.3, 0.4) is 0 Å². The van der Waals surface area contributed by atoms with Crippen molar-refractivity contribution < 1.29 is 13.9 Å². The molecule has 5 aromatic rings. The van der Waals surface area contributed by atoms with Crippen molar-refractivity contribution in [3.05, 3.63) is 156 Å². The van der Waals surface area contributed by atoms with Gasteiger partial charge in [-0.15, -0.1) is 0 Å². The average Bonchev–Trinajstić information content (AvgIpc) is 3.45. The molecule has 0 amide bonds. The lowest BCUT2D eigenvalue weighted by atomic mass is 9.74. The quantitative estimate of drug-likeness (QED) is 0.190. The number of benzene rings is 4. The van der Waals surface area contributed by atoms with Crippen LogP contribution in [0.4, 0.5) is 0 Å². The third-order valence-electron chi connectivity index (χ3n) is 10.5. The van der Waals surface area contributed by atoms with Crippen molar-refractivity contribution in [2.24, 2.45) is 0 Å². The van der Waals surface area contributed by atoms with Gasteiger partial charge in [0.05, 0.1) is 0 Å². The van der Waals surface area contributed by atoms with Gasteiger partial charge < -0.3 is 23.7 Å². The molecule has 0 radical (unpaired) electrons. The predicted molar refractivity (Wildman–Crippen MR) is 209 cm³/mol. The molecule has 1 unspecified atom stereocenters. The summed E-state index contributed by atoms with van der Waals surface area (Å²) in [4.78, 5) is 4.45. The molecule has 0 fully saturated rings. The van der Waals surface area contributed by atoms with Crippen LogP contribution in [0.5, 0.6) is 5.75 Å². The minimum absolute atomic E-state index is 0.350. The summed E-state index contributed by atoms with van der Waals surface area (Å²) in [6.45, 7) is 8.03. The molecule has 254 valence electrons. The topological polar surface area (TPSA) is 38.1 Å². The van der Waals surface area contributed by atoms with Crippen molar-refractivity contribution in [1.29, 1.82) is 0 Å². The van der Waals surface area contributed by atoms with Crippen LogP contribution in [0.15, 0.2) is 138 Å². The van der Waals surface area contributed by atoms with Crippen LogP contribution in [0.25, 0.3) is 49.8 Å². The summed E-state index contributed by atoms with van der Waals surface area (Å²) in [6.07, 6.45) is 18.6. The number of likely N-dealkylation sites (N-methyl/N-ethyl adjacent to an activating group) is 2. The number of nitrogens with zero attached hydrogens (tertiary/aromatic N) is 2. The van der Waals surface area contributed by atoms with Gasteiger partial charge in [-0.25, -0.2) is 0 Å². The Hall–Kier alpha value is -5.68. The Morgan fingerprint density at radius 3 is 2.45 bits per heavy atom. The zero-order chi connectivity index (χ0) is 34.9. The highest BCUT2D eigenvalue weighted by Gasteiger charge is 2.38. The summed E-state index contributed by atoms with van der Waals surface area (Å²) >= 11 is 0. The smallest absolute Gasteiger partial charge is 0.245 e. The van der Waals surface area contributed by atoms with E-state index in [0.717, 1.165) is 75.2 Å². The van der Waals surface area contributed by atoms with Crippen LogP contribution in [-0.4, -0.2) is 42.8 Å². The molecule has 3 aliphatic heterocycles. The highest BCUT2D eigenvalue weighted by molar-refractivity contribution is 6.06. The summed E-state index contributed by atoms with van der Waals surface area (Å²) in [5, 5.41) is 2.27. The molecule has 0 saturated carbocycles. The molecule has 4 heterocycles. The van der Waals surface area contributed by atoms with E-state index in [4.69, 9.17) is 13.9 Å². The van der Waals surface area contributed by atoms with Crippen LogP contribution >= 0.6 is 0 Å². The third-order valence-corrected chi connectivity index (χ3v) is 10.5. The molecular formula is C46H42N2O3. The van der Waals surface area contributed by atoms with Crippen molar-refractivity contribution >= 4 is 38.7 Å². The van der Waals surface area contributed by atoms with Gasteiger partial charge in [0.1, 0.15) is 22.7 Å². The number of para-hydroxylation sites is 2. The highest BCUT2D eigenvalue weighted by Crippen LogP contribution is 2.49. The number of fused-ring (bicyclic) bond motifs is 6. The number of hydrogen-bond donors (Lipinski definition) is 0. The van der Waals surface area contributed by atoms with E-state index < -0.39 is 5.79 Å². The Morgan fingerprint density at radius 1 is 0.765 bits per heavy atom. The first kappa shape index (κ1) is 31.3. The lowest BCUT2D eigenvalue weighted by molar-refractivity contribution is -0.118. The van der Waals surface area contributed by atoms with Gasteiger partial charge in [-0.1, -0.05) is 73.7 Å². The Kier molecular flexibility index (Phi) is 7.18. The van der Waals surface area contributed by atoms with E-state index in [2.05, 4.69) is 146 Å². The van der Waals surface area contributed by atoms with Gasteiger partial charge in [-0.05, 0) is 94.6 Å². The Morgan fingerprint density at radius 2 is 1.59 bits per heavy atom. The maximum Gasteiger partial charge on any atom is 0.245 e. The molecule has 9 rings (SSSR count). The van der Waals surface area contributed by atoms with Crippen LogP contribution in [0, 0.1) is 0 Å². The molecule has 0 spiro atoms. The van der Waals surface area contributed by atoms with Gasteiger partial charge in [0.15, 0.2) is 0 Å². The van der Waals surface area contributed by atoms with E-state index in [1.165, 1.54) is 27.8 Å². The molecule has 1 aromatic heterocycles. The van der Waals surface area contributed by atoms with Crippen molar-refractivity contribution in [3.63, 3.8) is 0 Å². The SMILES string of the molecule is CN1C=C(c2cc(C3=CC=CN(C)C3)cc(-c3ccc4c(c3)C3=CCC(C)(c5cccc6c5oc5ccccc56)C=C3OC(C)(C)O4)c2)C=CC1. The van der Waals surface area contributed by atoms with E-state index in [-0.39, 0.29) is 5.41 Å². The van der Waals surface area contributed by atoms with Crippen molar-refractivity contribution in [3.8, 4) is 16.9 Å². The number of rotatable bonds is 4. The lowest BCUT2D eigenvalue weighted by Crippen LogP contribution is -2.31. The first-order valence-electron chi connectivity index (χ1n) is 17.8. The molecule has 0 bridgehead atoms. The van der Waals surface area contributed by atoms with Crippen LogP contribution in [0.2, 0.25) is 0 Å². The molecule has 4 aliphatic rings. The number of hydrogen-bond acceptors (Lipinski definition) is 5. The zero-order valence-electron chi connectivity index (χ0n) is 29.9. The molecule has 5 nitrogen and oxygen atoms in total. The lowest BCUT2D eigenvalue weighted by Gasteiger charge is -2.33. The summed E-state index contributed by atoms with van der Waals surface area (Å²) in [5.74, 6) is 0.779. The van der Waals surface area contributed by atoms with Gasteiger partial charge in [-0.3, -0.25) is 0 Å². The molecule has 0 N–H and O–H groups in total. The van der Waals surface area contributed by atoms with Gasteiger partial charge in [-0.2, -0.15) is 0 Å². The summed E-state index contributed by atoms with van der Waals surface area (Å²) in [7, 11) is 4.25. The monoisotopic (exact) mass is 670 g/mol. The predicted octanol–water partition coefficient (Wildman–Crippen LogP) is 10.7. The van der Waals surface area contributed by atoms with Crippen molar-refractivity contribution in [1.82, 2.24) is 9.80 Å². The Labute approximate surface area is 299 Å². The third kappa shape index (κ3) is 5.58. The summed E-state index contributed by atoms with van der Waals surface area (Å²) < 4.78 is 19.8. The second kappa shape index (κ2) is 11.7. The first-order chi connectivity index (χ1) is 24.6. The van der Waals surface area contributed by atoms with Crippen molar-refractivity contribution in [2.75, 3.05) is 27.2 Å². The Balaban J connectivity index is 1.16. The van der Waals surface area contributed by atoms with Gasteiger partial charge >= 0.3 is 0 Å². The number of ether oxygens (including phenoxy) is 2. The number of furan rings is 1. The minimum Gasteiger partial charge on any atom is -0.456 e. The van der Waals surface area contributed by atoms with Crippen molar-refractivity contribution in [2.45, 2.75) is 38.4 Å². The van der Waals surface area contributed by atoms with E-state index in [9.17, 15) is 0 Å². The fourth-order valence-electron chi connectivity index (χ4n) is 7.98. The second-order valence-corrected chi connectivity index (χ2v) is 15.0. The molecular weight excluding hydrogens is 629 g/mol.